The minimum Gasteiger partial charge on any atom is -0.486 e. The SMILES string of the molecule is CCOC(=O)c1sc(COc2ccc(NC(=O)OC)cc2)nc1-c1ccccc1. The van der Waals surface area contributed by atoms with Gasteiger partial charge in [0.2, 0.25) is 0 Å². The molecule has 150 valence electrons. The topological polar surface area (TPSA) is 86.8 Å². The van der Waals surface area contributed by atoms with Crippen LogP contribution in [0.25, 0.3) is 11.3 Å². The van der Waals surface area contributed by atoms with E-state index in [-0.39, 0.29) is 6.61 Å². The highest BCUT2D eigenvalue weighted by molar-refractivity contribution is 7.14. The molecule has 0 saturated carbocycles. The van der Waals surface area contributed by atoms with Gasteiger partial charge in [-0.25, -0.2) is 14.6 Å². The number of esters is 1. The average molecular weight is 412 g/mol. The monoisotopic (exact) mass is 412 g/mol. The van der Waals surface area contributed by atoms with Crippen molar-refractivity contribution in [3.8, 4) is 17.0 Å². The summed E-state index contributed by atoms with van der Waals surface area (Å²) in [7, 11) is 1.30. The summed E-state index contributed by atoms with van der Waals surface area (Å²) in [5, 5.41) is 3.22. The van der Waals surface area contributed by atoms with Crippen LogP contribution in [0.1, 0.15) is 21.6 Å². The van der Waals surface area contributed by atoms with Crippen LogP contribution in [0, 0.1) is 0 Å². The number of hydrogen-bond acceptors (Lipinski definition) is 7. The normalized spacial score (nSPS) is 10.3. The second-order valence-corrected chi connectivity index (χ2v) is 6.89. The zero-order valence-corrected chi connectivity index (χ0v) is 16.8. The van der Waals surface area contributed by atoms with Gasteiger partial charge in [0.05, 0.1) is 19.4 Å². The van der Waals surface area contributed by atoms with Crippen molar-refractivity contribution in [2.75, 3.05) is 19.0 Å². The number of thiazole rings is 1. The smallest absolute Gasteiger partial charge is 0.411 e. The molecule has 1 amide bonds. The summed E-state index contributed by atoms with van der Waals surface area (Å²) in [6.07, 6.45) is -0.540. The van der Waals surface area contributed by atoms with Crippen LogP contribution in [-0.4, -0.2) is 30.8 Å². The Morgan fingerprint density at radius 3 is 2.45 bits per heavy atom. The van der Waals surface area contributed by atoms with E-state index in [2.05, 4.69) is 15.0 Å². The molecule has 2 aromatic carbocycles. The van der Waals surface area contributed by atoms with Gasteiger partial charge < -0.3 is 14.2 Å². The number of carbonyl (C=O) groups excluding carboxylic acids is 2. The molecule has 8 heteroatoms. The Hall–Kier alpha value is -3.39. The predicted molar refractivity (Wildman–Crippen MR) is 110 cm³/mol. The van der Waals surface area contributed by atoms with E-state index in [4.69, 9.17) is 9.47 Å². The van der Waals surface area contributed by atoms with Crippen molar-refractivity contribution in [2.24, 2.45) is 0 Å². The summed E-state index contributed by atoms with van der Waals surface area (Å²) in [5.41, 5.74) is 2.02. The number of aromatic nitrogens is 1. The van der Waals surface area contributed by atoms with Gasteiger partial charge >= 0.3 is 12.1 Å². The fourth-order valence-electron chi connectivity index (χ4n) is 2.50. The summed E-state index contributed by atoms with van der Waals surface area (Å²) in [6, 6.07) is 16.3. The zero-order chi connectivity index (χ0) is 20.6. The lowest BCUT2D eigenvalue weighted by Gasteiger charge is -2.06. The van der Waals surface area contributed by atoms with E-state index in [1.807, 2.05) is 30.3 Å². The average Bonchev–Trinajstić information content (AvgIpc) is 3.18. The molecular formula is C21H20N2O5S. The van der Waals surface area contributed by atoms with E-state index in [0.717, 1.165) is 5.56 Å². The van der Waals surface area contributed by atoms with Gasteiger partial charge in [0.25, 0.3) is 0 Å². The van der Waals surface area contributed by atoms with Crippen molar-refractivity contribution in [1.29, 1.82) is 0 Å². The number of carbonyl (C=O) groups is 2. The van der Waals surface area contributed by atoms with Gasteiger partial charge in [-0.2, -0.15) is 0 Å². The van der Waals surface area contributed by atoms with Gasteiger partial charge in [-0.3, -0.25) is 5.32 Å². The third kappa shape index (κ3) is 5.32. The van der Waals surface area contributed by atoms with E-state index in [9.17, 15) is 9.59 Å². The molecule has 0 bridgehead atoms. The third-order valence-electron chi connectivity index (χ3n) is 3.83. The van der Waals surface area contributed by atoms with E-state index in [1.54, 1.807) is 31.2 Å². The fraction of sp³-hybridized carbons (Fsp3) is 0.190. The molecule has 1 N–H and O–H groups in total. The highest BCUT2D eigenvalue weighted by Crippen LogP contribution is 2.30. The first-order chi connectivity index (χ1) is 14.1. The number of hydrogen-bond donors (Lipinski definition) is 1. The number of rotatable bonds is 7. The van der Waals surface area contributed by atoms with Crippen LogP contribution in [-0.2, 0) is 16.1 Å². The molecule has 29 heavy (non-hydrogen) atoms. The minimum absolute atomic E-state index is 0.202. The Morgan fingerprint density at radius 2 is 1.79 bits per heavy atom. The van der Waals surface area contributed by atoms with Gasteiger partial charge in [0, 0.05) is 11.3 Å². The molecule has 0 saturated heterocycles. The van der Waals surface area contributed by atoms with E-state index in [1.165, 1.54) is 18.4 Å². The van der Waals surface area contributed by atoms with Gasteiger partial charge in [-0.05, 0) is 31.2 Å². The number of amides is 1. The van der Waals surface area contributed by atoms with Crippen LogP contribution in [0.15, 0.2) is 54.6 Å². The van der Waals surface area contributed by atoms with E-state index >= 15 is 0 Å². The lowest BCUT2D eigenvalue weighted by atomic mass is 10.1. The van der Waals surface area contributed by atoms with Crippen LogP contribution in [0.4, 0.5) is 10.5 Å². The molecule has 0 atom stereocenters. The second-order valence-electron chi connectivity index (χ2n) is 5.80. The van der Waals surface area contributed by atoms with Crippen LogP contribution >= 0.6 is 11.3 Å². The Balaban J connectivity index is 1.74. The summed E-state index contributed by atoms with van der Waals surface area (Å²) >= 11 is 1.25. The number of nitrogens with zero attached hydrogens (tertiary/aromatic N) is 1. The maximum absolute atomic E-state index is 12.3. The lowest BCUT2D eigenvalue weighted by molar-refractivity contribution is 0.0532. The first kappa shape index (κ1) is 20.3. The number of anilines is 1. The predicted octanol–water partition coefficient (Wildman–Crippen LogP) is 4.74. The molecule has 3 rings (SSSR count). The van der Waals surface area contributed by atoms with Gasteiger partial charge in [0.15, 0.2) is 0 Å². The number of ether oxygens (including phenoxy) is 3. The quantitative estimate of drug-likeness (QED) is 0.564. The van der Waals surface area contributed by atoms with E-state index in [0.29, 0.717) is 33.6 Å². The lowest BCUT2D eigenvalue weighted by Crippen LogP contribution is -2.10. The van der Waals surface area contributed by atoms with Crippen molar-refractivity contribution < 1.29 is 23.8 Å². The van der Waals surface area contributed by atoms with E-state index < -0.39 is 12.1 Å². The van der Waals surface area contributed by atoms with Crippen molar-refractivity contribution in [3.63, 3.8) is 0 Å². The molecule has 0 spiro atoms. The Bertz CT molecular complexity index is 970. The van der Waals surface area contributed by atoms with Gasteiger partial charge in [-0.15, -0.1) is 11.3 Å². The van der Waals surface area contributed by atoms with Gasteiger partial charge in [-0.1, -0.05) is 30.3 Å². The van der Waals surface area contributed by atoms with Crippen LogP contribution in [0.2, 0.25) is 0 Å². The fourth-order valence-corrected chi connectivity index (χ4v) is 3.39. The Morgan fingerprint density at radius 1 is 1.07 bits per heavy atom. The molecule has 0 aliphatic carbocycles. The van der Waals surface area contributed by atoms with Crippen molar-refractivity contribution in [3.05, 3.63) is 64.5 Å². The highest BCUT2D eigenvalue weighted by atomic mass is 32.1. The first-order valence-corrected chi connectivity index (χ1v) is 9.72. The number of methoxy groups -OCH3 is 1. The zero-order valence-electron chi connectivity index (χ0n) is 16.0. The Labute approximate surface area is 172 Å². The molecule has 0 aliphatic rings. The Kier molecular flexibility index (Phi) is 6.80. The molecule has 0 fully saturated rings. The molecule has 0 aliphatic heterocycles. The number of nitrogens with one attached hydrogen (secondary N) is 1. The maximum Gasteiger partial charge on any atom is 0.411 e. The standard InChI is InChI=1S/C21H20N2O5S/c1-3-27-20(24)19-18(14-7-5-4-6-8-14)23-17(29-19)13-28-16-11-9-15(10-12-16)22-21(25)26-2/h4-12H,3,13H2,1-2H3,(H,22,25). The maximum atomic E-state index is 12.3. The van der Waals surface area contributed by atoms with Crippen molar-refractivity contribution >= 4 is 29.1 Å². The molecule has 7 nitrogen and oxygen atoms in total. The first-order valence-electron chi connectivity index (χ1n) is 8.90. The minimum atomic E-state index is -0.540. The highest BCUT2D eigenvalue weighted by Gasteiger charge is 2.20. The summed E-state index contributed by atoms with van der Waals surface area (Å²) in [6.45, 7) is 2.26. The molecule has 3 aromatic rings. The van der Waals surface area contributed by atoms with Crippen LogP contribution in [0.5, 0.6) is 5.75 Å². The van der Waals surface area contributed by atoms with Crippen molar-refractivity contribution in [1.82, 2.24) is 4.98 Å². The molecule has 0 radical (unpaired) electrons. The molecule has 1 aromatic heterocycles. The second kappa shape index (κ2) is 9.70. The number of benzene rings is 2. The largest absolute Gasteiger partial charge is 0.486 e. The van der Waals surface area contributed by atoms with Crippen LogP contribution in [0.3, 0.4) is 0 Å². The van der Waals surface area contributed by atoms with Crippen LogP contribution < -0.4 is 10.1 Å². The van der Waals surface area contributed by atoms with Gasteiger partial charge in [0.1, 0.15) is 22.2 Å². The molecular weight excluding hydrogens is 392 g/mol. The third-order valence-corrected chi connectivity index (χ3v) is 4.84. The molecule has 0 unspecified atom stereocenters. The van der Waals surface area contributed by atoms with Crippen molar-refractivity contribution in [2.45, 2.75) is 13.5 Å². The summed E-state index contributed by atoms with van der Waals surface area (Å²) < 4.78 is 15.5. The molecule has 1 heterocycles. The summed E-state index contributed by atoms with van der Waals surface area (Å²) in [5.74, 6) is 0.211. The summed E-state index contributed by atoms with van der Waals surface area (Å²) in [4.78, 5) is 28.6.